The summed E-state index contributed by atoms with van der Waals surface area (Å²) in [5.41, 5.74) is 8.83. The van der Waals surface area contributed by atoms with Crippen molar-refractivity contribution in [1.82, 2.24) is 25.2 Å². The second-order valence-electron chi connectivity index (χ2n) is 13.9. The van der Waals surface area contributed by atoms with Gasteiger partial charge in [0.2, 0.25) is 5.95 Å². The van der Waals surface area contributed by atoms with E-state index >= 15 is 0 Å². The molecule has 4 heterocycles. The molecule has 240 valence electrons. The van der Waals surface area contributed by atoms with Gasteiger partial charge in [-0.2, -0.15) is 4.98 Å². The van der Waals surface area contributed by atoms with E-state index in [2.05, 4.69) is 119 Å². The molecule has 2 saturated heterocycles. The molecule has 3 aromatic rings. The highest BCUT2D eigenvalue weighted by atomic mass is 28.3. The van der Waals surface area contributed by atoms with Crippen molar-refractivity contribution in [2.24, 2.45) is 5.92 Å². The monoisotopic (exact) mass is 626 g/mol. The maximum atomic E-state index is 13.1. The van der Waals surface area contributed by atoms with E-state index in [1.807, 2.05) is 12.3 Å². The highest BCUT2D eigenvalue weighted by Gasteiger charge is 2.42. The summed E-state index contributed by atoms with van der Waals surface area (Å²) in [5.74, 6) is 4.90. The molecule has 0 spiro atoms. The van der Waals surface area contributed by atoms with Crippen LogP contribution >= 0.6 is 0 Å². The first kappa shape index (κ1) is 32.7. The number of pyridine rings is 1. The van der Waals surface area contributed by atoms with Gasteiger partial charge in [-0.3, -0.25) is 4.90 Å². The van der Waals surface area contributed by atoms with E-state index in [-0.39, 0.29) is 18.0 Å². The van der Waals surface area contributed by atoms with Gasteiger partial charge in [0.1, 0.15) is 13.9 Å². The zero-order valence-electron chi connectivity index (χ0n) is 28.5. The summed E-state index contributed by atoms with van der Waals surface area (Å²) >= 11 is 0. The zero-order valence-corrected chi connectivity index (χ0v) is 29.5. The van der Waals surface area contributed by atoms with Crippen LogP contribution in [-0.4, -0.2) is 79.8 Å². The normalized spacial score (nSPS) is 17.9. The lowest BCUT2D eigenvalue weighted by Crippen LogP contribution is -2.44. The highest BCUT2D eigenvalue weighted by Crippen LogP contribution is 2.41. The first-order chi connectivity index (χ1) is 21.4. The summed E-state index contributed by atoms with van der Waals surface area (Å²) in [6, 6.07) is 10.2. The van der Waals surface area contributed by atoms with E-state index in [0.29, 0.717) is 40.6 Å². The van der Waals surface area contributed by atoms with Crippen LogP contribution in [0.4, 0.5) is 27.9 Å². The number of benzene rings is 1. The van der Waals surface area contributed by atoms with Crippen LogP contribution in [0, 0.1) is 17.4 Å². The van der Waals surface area contributed by atoms with E-state index in [0.717, 1.165) is 42.8 Å². The van der Waals surface area contributed by atoms with Gasteiger partial charge in [0, 0.05) is 55.9 Å². The quantitative estimate of drug-likeness (QED) is 0.214. The fourth-order valence-electron chi connectivity index (χ4n) is 7.17. The third-order valence-electron chi connectivity index (χ3n) is 9.85. The second-order valence-corrected chi connectivity index (χ2v) is 19.5. The van der Waals surface area contributed by atoms with Crippen molar-refractivity contribution >= 4 is 48.3 Å². The molecule has 45 heavy (non-hydrogen) atoms. The van der Waals surface area contributed by atoms with Gasteiger partial charge >= 0.3 is 6.03 Å². The molecule has 0 unspecified atom stereocenters. The fourth-order valence-corrected chi connectivity index (χ4v) is 12.4. The number of likely N-dealkylation sites (N-methyl/N-ethyl adjacent to an activating group) is 1. The second kappa shape index (κ2) is 13.4. The summed E-state index contributed by atoms with van der Waals surface area (Å²) in [6.45, 7) is 22.9. The third kappa shape index (κ3) is 6.65. The summed E-state index contributed by atoms with van der Waals surface area (Å²) < 4.78 is 0. The van der Waals surface area contributed by atoms with Gasteiger partial charge in [0.15, 0.2) is 5.65 Å². The Morgan fingerprint density at radius 2 is 1.58 bits per heavy atom. The van der Waals surface area contributed by atoms with Gasteiger partial charge in [-0.1, -0.05) is 61.3 Å². The van der Waals surface area contributed by atoms with Gasteiger partial charge in [0.05, 0.1) is 11.4 Å². The first-order valence-corrected chi connectivity index (χ1v) is 18.7. The van der Waals surface area contributed by atoms with Crippen LogP contribution in [-0.2, 0) is 0 Å². The molecule has 2 aromatic heterocycles. The number of carbonyl (C=O) groups is 1. The number of amides is 2. The Morgan fingerprint density at radius 3 is 2.18 bits per heavy atom. The summed E-state index contributed by atoms with van der Waals surface area (Å²) in [7, 11) is 0.161. The van der Waals surface area contributed by atoms with E-state index in [1.54, 1.807) is 4.90 Å². The number of aromatic nitrogens is 3. The van der Waals surface area contributed by atoms with Gasteiger partial charge in [0.25, 0.3) is 0 Å². The smallest absolute Gasteiger partial charge is 0.323 e. The van der Waals surface area contributed by atoms with Gasteiger partial charge in [-0.05, 0) is 59.9 Å². The van der Waals surface area contributed by atoms with E-state index in [4.69, 9.17) is 15.0 Å². The number of nitrogens with one attached hydrogen (secondary N) is 2. The molecule has 2 aliphatic heterocycles. The number of hydrogen-bond acceptors (Lipinski definition) is 7. The number of hydrogen-bond donors (Lipinski definition) is 2. The van der Waals surface area contributed by atoms with Crippen LogP contribution in [0.15, 0.2) is 36.5 Å². The Bertz CT molecular complexity index is 1550. The number of nitrogens with zero attached hydrogens (tertiary/aromatic N) is 6. The number of rotatable bonds is 8. The first-order valence-electron chi connectivity index (χ1n) is 16.5. The van der Waals surface area contributed by atoms with E-state index < -0.39 is 8.07 Å². The maximum absolute atomic E-state index is 13.1. The molecule has 0 bridgehead atoms. The lowest BCUT2D eigenvalue weighted by molar-refractivity contribution is 0.251. The minimum atomic E-state index is -2.01. The molecule has 2 fully saturated rings. The summed E-state index contributed by atoms with van der Waals surface area (Å²) in [6.07, 6.45) is 1.82. The third-order valence-corrected chi connectivity index (χ3v) is 16.1. The van der Waals surface area contributed by atoms with Crippen molar-refractivity contribution in [2.75, 3.05) is 54.9 Å². The molecule has 2 aliphatic rings. The Kier molecular flexibility index (Phi) is 9.70. The van der Waals surface area contributed by atoms with Crippen LogP contribution in [0.5, 0.6) is 0 Å². The van der Waals surface area contributed by atoms with Crippen molar-refractivity contribution < 1.29 is 4.79 Å². The average Bonchev–Trinajstić information content (AvgIpc) is 3.39. The van der Waals surface area contributed by atoms with Crippen LogP contribution in [0.2, 0.25) is 16.6 Å². The molecule has 2 N–H and O–H groups in total. The van der Waals surface area contributed by atoms with Crippen LogP contribution in [0.25, 0.3) is 11.0 Å². The van der Waals surface area contributed by atoms with Gasteiger partial charge in [-0.25, -0.2) is 14.8 Å². The van der Waals surface area contributed by atoms with E-state index in [9.17, 15) is 4.79 Å². The van der Waals surface area contributed by atoms with Crippen LogP contribution in [0.1, 0.15) is 61.0 Å². The minimum absolute atomic E-state index is 0.00281. The van der Waals surface area contributed by atoms with Crippen molar-refractivity contribution in [2.45, 2.75) is 78.1 Å². The van der Waals surface area contributed by atoms with Gasteiger partial charge < -0.3 is 20.4 Å². The molecule has 5 rings (SSSR count). The lowest BCUT2D eigenvalue weighted by Gasteiger charge is -2.38. The largest absolute Gasteiger partial charge is 0.369 e. The lowest BCUT2D eigenvalue weighted by atomic mass is 10.0. The number of anilines is 4. The topological polar surface area (TPSA) is 89.5 Å². The molecule has 2 amide bonds. The van der Waals surface area contributed by atoms with Crippen molar-refractivity contribution in [1.29, 1.82) is 0 Å². The SMILES string of the molecule is CC(C)[C@@H]1CNC(=O)N1c1cc(C#C[Si](C(C)C)(C(C)C)C(C)C)c2cnc(Nc3ccc(N4CCN(C)CC4)cc3)nc2n1. The molecular formula is C35H50N8OSi. The van der Waals surface area contributed by atoms with Crippen LogP contribution in [0.3, 0.4) is 0 Å². The molecule has 9 nitrogen and oxygen atoms in total. The zero-order chi connectivity index (χ0) is 32.5. The Morgan fingerprint density at radius 1 is 0.933 bits per heavy atom. The van der Waals surface area contributed by atoms with Crippen molar-refractivity contribution in [3.63, 3.8) is 0 Å². The Labute approximate surface area is 270 Å². The van der Waals surface area contributed by atoms with Crippen molar-refractivity contribution in [3.8, 4) is 11.5 Å². The Balaban J connectivity index is 1.54. The van der Waals surface area contributed by atoms with Crippen LogP contribution < -0.4 is 20.4 Å². The molecule has 0 radical (unpaired) electrons. The molecule has 10 heteroatoms. The predicted molar refractivity (Wildman–Crippen MR) is 189 cm³/mol. The summed E-state index contributed by atoms with van der Waals surface area (Å²) in [5, 5.41) is 7.17. The minimum Gasteiger partial charge on any atom is -0.369 e. The fraction of sp³-hybridized carbons (Fsp3) is 0.543. The number of urea groups is 1. The molecule has 1 aromatic carbocycles. The predicted octanol–water partition coefficient (Wildman–Crippen LogP) is 6.64. The number of piperazine rings is 1. The average molecular weight is 627 g/mol. The summed E-state index contributed by atoms with van der Waals surface area (Å²) in [4.78, 5) is 34.1. The highest BCUT2D eigenvalue weighted by molar-refractivity contribution is 6.90. The maximum Gasteiger partial charge on any atom is 0.323 e. The van der Waals surface area contributed by atoms with E-state index in [1.165, 1.54) is 5.69 Å². The number of carbonyl (C=O) groups excluding carboxylic acids is 1. The molecular weight excluding hydrogens is 577 g/mol. The molecule has 0 saturated carbocycles. The number of fused-ring (bicyclic) bond motifs is 1. The standard InChI is InChI=1S/C35H50N8OSi/c1-23(2)31-22-37-35(44)43(31)32-20-27(14-19-45(24(3)4,25(5)6)26(7)8)30-21-36-34(40-33(30)39-32)38-28-10-12-29(13-11-28)42-17-15-41(9)16-18-42/h10-13,20-21,23-26,31H,15-18,22H2,1-9H3,(H,37,44)(H,36,38,39,40)/t31-/m0/s1. The van der Waals surface area contributed by atoms with Gasteiger partial charge in [-0.15, -0.1) is 5.54 Å². The molecule has 0 aliphatic carbocycles. The molecule has 1 atom stereocenters. The van der Waals surface area contributed by atoms with Crippen molar-refractivity contribution in [3.05, 3.63) is 42.1 Å². The Hall–Kier alpha value is -3.68.